The maximum Gasteiger partial charge on any atom is 0.338 e. The van der Waals surface area contributed by atoms with Gasteiger partial charge in [-0.25, -0.2) is 13.2 Å². The van der Waals surface area contributed by atoms with Crippen LogP contribution in [0.25, 0.3) is 0 Å². The summed E-state index contributed by atoms with van der Waals surface area (Å²) < 4.78 is 30.3. The molecule has 1 aromatic rings. The number of nitrogens with zero attached hydrogens (tertiary/aromatic N) is 1. The first kappa shape index (κ1) is 22.3. The fraction of sp³-hybridized carbons (Fsp3) is 0.579. The van der Waals surface area contributed by atoms with Crippen LogP contribution in [0.5, 0.6) is 0 Å². The van der Waals surface area contributed by atoms with Crippen LogP contribution in [-0.4, -0.2) is 51.1 Å². The van der Waals surface area contributed by atoms with Gasteiger partial charge in [0.1, 0.15) is 0 Å². The molecule has 8 nitrogen and oxygen atoms in total. The molecule has 1 N–H and O–H groups in total. The quantitative estimate of drug-likeness (QED) is 0.544. The van der Waals surface area contributed by atoms with E-state index in [1.54, 1.807) is 0 Å². The summed E-state index contributed by atoms with van der Waals surface area (Å²) in [7, 11) is -1.29. The standard InChI is InChI=1S/C19H28N2O6S/c1-13-7-5-6-8-17(13)20-18(22)14(2)27-19(23)15-9-11-16(12-10-15)28(24,25)21(3)26-4/h9-14,17H,5-8H2,1-4H3,(H,20,22)/t13-,14-,17+/m1/s1. The normalized spacial score (nSPS) is 21.2. The van der Waals surface area contributed by atoms with Crippen LogP contribution >= 0.6 is 0 Å². The van der Waals surface area contributed by atoms with Gasteiger partial charge in [-0.1, -0.05) is 24.2 Å². The van der Waals surface area contributed by atoms with Crippen LogP contribution in [0.2, 0.25) is 0 Å². The third-order valence-corrected chi connectivity index (χ3v) is 6.77. The lowest BCUT2D eigenvalue weighted by Crippen LogP contribution is -2.45. The van der Waals surface area contributed by atoms with Gasteiger partial charge in [-0.05, 0) is 49.9 Å². The predicted octanol–water partition coefficient (Wildman–Crippen LogP) is 2.11. The summed E-state index contributed by atoms with van der Waals surface area (Å²) in [5.41, 5.74) is 0.157. The summed E-state index contributed by atoms with van der Waals surface area (Å²) in [6.45, 7) is 3.63. The van der Waals surface area contributed by atoms with Crippen molar-refractivity contribution in [2.24, 2.45) is 5.92 Å². The van der Waals surface area contributed by atoms with E-state index in [0.717, 1.165) is 23.7 Å². The fourth-order valence-corrected chi connectivity index (χ4v) is 4.10. The molecule has 0 radical (unpaired) electrons. The summed E-state index contributed by atoms with van der Waals surface area (Å²) in [5.74, 6) is -0.614. The number of hydrogen-bond acceptors (Lipinski definition) is 6. The Morgan fingerprint density at radius 2 is 1.79 bits per heavy atom. The van der Waals surface area contributed by atoms with Crippen molar-refractivity contribution in [1.29, 1.82) is 0 Å². The van der Waals surface area contributed by atoms with Crippen LogP contribution in [0.1, 0.15) is 49.9 Å². The highest BCUT2D eigenvalue weighted by atomic mass is 32.2. The second-order valence-electron chi connectivity index (χ2n) is 7.05. The highest BCUT2D eigenvalue weighted by molar-refractivity contribution is 7.89. The topological polar surface area (TPSA) is 102 Å². The van der Waals surface area contributed by atoms with E-state index in [4.69, 9.17) is 9.57 Å². The van der Waals surface area contributed by atoms with Crippen LogP contribution in [0, 0.1) is 5.92 Å². The first-order chi connectivity index (χ1) is 13.2. The molecular weight excluding hydrogens is 384 g/mol. The zero-order valence-corrected chi connectivity index (χ0v) is 17.5. The molecule has 1 saturated carbocycles. The van der Waals surface area contributed by atoms with Crippen LogP contribution in [-0.2, 0) is 24.4 Å². The van der Waals surface area contributed by atoms with Crippen molar-refractivity contribution in [3.8, 4) is 0 Å². The number of amides is 1. The average Bonchev–Trinajstić information content (AvgIpc) is 2.68. The molecule has 1 aromatic carbocycles. The lowest BCUT2D eigenvalue weighted by molar-refractivity contribution is -0.130. The van der Waals surface area contributed by atoms with Crippen molar-refractivity contribution < 1.29 is 27.6 Å². The number of carbonyl (C=O) groups is 2. The monoisotopic (exact) mass is 412 g/mol. The first-order valence-electron chi connectivity index (χ1n) is 9.31. The minimum atomic E-state index is -3.79. The molecule has 1 fully saturated rings. The van der Waals surface area contributed by atoms with Gasteiger partial charge < -0.3 is 10.1 Å². The van der Waals surface area contributed by atoms with Gasteiger partial charge in [-0.2, -0.15) is 0 Å². The first-order valence-corrected chi connectivity index (χ1v) is 10.7. The van der Waals surface area contributed by atoms with Gasteiger partial charge in [0.25, 0.3) is 15.9 Å². The molecule has 1 aliphatic rings. The minimum absolute atomic E-state index is 0.0227. The Morgan fingerprint density at radius 3 is 2.36 bits per heavy atom. The molecule has 1 aliphatic carbocycles. The van der Waals surface area contributed by atoms with Crippen LogP contribution in [0.15, 0.2) is 29.2 Å². The van der Waals surface area contributed by atoms with Crippen molar-refractivity contribution in [3.05, 3.63) is 29.8 Å². The molecule has 156 valence electrons. The van der Waals surface area contributed by atoms with Gasteiger partial charge in [0.2, 0.25) is 0 Å². The second kappa shape index (κ2) is 9.49. The molecule has 0 saturated heterocycles. The van der Waals surface area contributed by atoms with Gasteiger partial charge in [0.05, 0.1) is 17.6 Å². The SMILES string of the molecule is CON(C)S(=O)(=O)c1ccc(C(=O)O[C@H](C)C(=O)N[C@H]2CCCC[C@H]2C)cc1. The van der Waals surface area contributed by atoms with E-state index >= 15 is 0 Å². The molecule has 0 aromatic heterocycles. The summed E-state index contributed by atoms with van der Waals surface area (Å²) in [4.78, 5) is 29.3. The third kappa shape index (κ3) is 5.30. The largest absolute Gasteiger partial charge is 0.449 e. The molecule has 0 bridgehead atoms. The van der Waals surface area contributed by atoms with Crippen molar-refractivity contribution in [2.45, 2.75) is 56.6 Å². The summed E-state index contributed by atoms with van der Waals surface area (Å²) in [6.07, 6.45) is 3.32. The van der Waals surface area contributed by atoms with E-state index in [2.05, 4.69) is 12.2 Å². The fourth-order valence-electron chi connectivity index (χ4n) is 3.12. The molecule has 28 heavy (non-hydrogen) atoms. The van der Waals surface area contributed by atoms with Crippen molar-refractivity contribution in [1.82, 2.24) is 9.79 Å². The molecule has 9 heteroatoms. The molecule has 0 spiro atoms. The van der Waals surface area contributed by atoms with E-state index in [9.17, 15) is 18.0 Å². The van der Waals surface area contributed by atoms with Gasteiger partial charge in [-0.3, -0.25) is 9.63 Å². The van der Waals surface area contributed by atoms with Crippen molar-refractivity contribution >= 4 is 21.9 Å². The van der Waals surface area contributed by atoms with Gasteiger partial charge in [0, 0.05) is 13.1 Å². The number of nitrogens with one attached hydrogen (secondary N) is 1. The summed E-state index contributed by atoms with van der Waals surface area (Å²) >= 11 is 0. The van der Waals surface area contributed by atoms with E-state index in [1.165, 1.54) is 51.8 Å². The lowest BCUT2D eigenvalue weighted by Gasteiger charge is -2.30. The van der Waals surface area contributed by atoms with E-state index in [-0.39, 0.29) is 22.4 Å². The van der Waals surface area contributed by atoms with Gasteiger partial charge >= 0.3 is 5.97 Å². The number of hydrogen-bond donors (Lipinski definition) is 1. The third-order valence-electron chi connectivity index (χ3n) is 5.08. The Morgan fingerprint density at radius 1 is 1.18 bits per heavy atom. The lowest BCUT2D eigenvalue weighted by atomic mass is 9.86. The molecular formula is C19H28N2O6S. The second-order valence-corrected chi connectivity index (χ2v) is 8.98. The Bertz CT molecular complexity index is 793. The van der Waals surface area contributed by atoms with Gasteiger partial charge in [0.15, 0.2) is 6.10 Å². The Kier molecular flexibility index (Phi) is 7.56. The number of sulfonamides is 1. The molecule has 0 unspecified atom stereocenters. The number of benzene rings is 1. The molecule has 1 amide bonds. The maximum absolute atomic E-state index is 12.3. The highest BCUT2D eigenvalue weighted by Gasteiger charge is 2.27. The van der Waals surface area contributed by atoms with E-state index in [1.807, 2.05) is 0 Å². The zero-order chi connectivity index (χ0) is 20.9. The van der Waals surface area contributed by atoms with Gasteiger partial charge in [-0.15, -0.1) is 0 Å². The summed E-state index contributed by atoms with van der Waals surface area (Å²) in [6, 6.07) is 5.36. The zero-order valence-electron chi connectivity index (χ0n) is 16.7. The molecule has 0 aliphatic heterocycles. The minimum Gasteiger partial charge on any atom is -0.449 e. The molecule has 0 heterocycles. The number of esters is 1. The average molecular weight is 413 g/mol. The van der Waals surface area contributed by atoms with Crippen molar-refractivity contribution in [3.63, 3.8) is 0 Å². The molecule has 2 rings (SSSR count). The number of rotatable bonds is 7. The Labute approximate surface area is 166 Å². The van der Waals surface area contributed by atoms with Crippen LogP contribution < -0.4 is 5.32 Å². The smallest absolute Gasteiger partial charge is 0.338 e. The van der Waals surface area contributed by atoms with Crippen LogP contribution in [0.4, 0.5) is 0 Å². The van der Waals surface area contributed by atoms with E-state index < -0.39 is 22.1 Å². The number of ether oxygens (including phenoxy) is 1. The highest BCUT2D eigenvalue weighted by Crippen LogP contribution is 2.24. The van der Waals surface area contributed by atoms with Crippen molar-refractivity contribution in [2.75, 3.05) is 14.2 Å². The van der Waals surface area contributed by atoms with Crippen LogP contribution in [0.3, 0.4) is 0 Å². The molecule has 3 atom stereocenters. The maximum atomic E-state index is 12.3. The Balaban J connectivity index is 1.97. The predicted molar refractivity (Wildman–Crippen MR) is 103 cm³/mol. The Hall–Kier alpha value is -1.97. The van der Waals surface area contributed by atoms with E-state index in [0.29, 0.717) is 5.92 Å². The number of carbonyl (C=O) groups excluding carboxylic acids is 2. The number of hydroxylamine groups is 1. The summed E-state index contributed by atoms with van der Waals surface area (Å²) in [5, 5.41) is 2.96.